The lowest BCUT2D eigenvalue weighted by Crippen LogP contribution is -2.19. The van der Waals surface area contributed by atoms with Crippen molar-refractivity contribution in [2.45, 2.75) is 46.5 Å². The number of anilines is 1. The van der Waals surface area contributed by atoms with Crippen LogP contribution in [0.4, 0.5) is 5.00 Å². The van der Waals surface area contributed by atoms with Gasteiger partial charge in [0.1, 0.15) is 9.49 Å². The SMILES string of the molecule is CCOC(=O)c1c(NC(=O)[C@@H]2[C@@H](C=C(Cl)Cl)C2(C)C)sc2c1CCCC2. The first kappa shape index (κ1) is 19.7. The van der Waals surface area contributed by atoms with Crippen LogP contribution in [0, 0.1) is 17.3 Å². The van der Waals surface area contributed by atoms with Crippen molar-refractivity contribution in [1.29, 1.82) is 0 Å². The average Bonchev–Trinajstić information content (AvgIpc) is 2.92. The number of hydrogen-bond donors (Lipinski definition) is 1. The highest BCUT2D eigenvalue weighted by Crippen LogP contribution is 2.60. The molecule has 0 aromatic carbocycles. The van der Waals surface area contributed by atoms with E-state index in [0.717, 1.165) is 31.2 Å². The van der Waals surface area contributed by atoms with Crippen molar-refractivity contribution in [3.05, 3.63) is 26.6 Å². The predicted molar refractivity (Wildman–Crippen MR) is 106 cm³/mol. The molecule has 142 valence electrons. The van der Waals surface area contributed by atoms with Crippen molar-refractivity contribution < 1.29 is 14.3 Å². The molecule has 2 aliphatic carbocycles. The molecule has 1 fully saturated rings. The molecule has 0 saturated heterocycles. The van der Waals surface area contributed by atoms with Gasteiger partial charge in [0.15, 0.2) is 0 Å². The molecule has 7 heteroatoms. The number of halogens is 2. The number of carbonyl (C=O) groups is 2. The zero-order chi connectivity index (χ0) is 19.1. The van der Waals surface area contributed by atoms with Crippen LogP contribution >= 0.6 is 34.5 Å². The zero-order valence-electron chi connectivity index (χ0n) is 15.2. The number of allylic oxidation sites excluding steroid dienone is 1. The van der Waals surface area contributed by atoms with Crippen molar-refractivity contribution in [2.24, 2.45) is 17.3 Å². The van der Waals surface area contributed by atoms with Crippen LogP contribution in [0.5, 0.6) is 0 Å². The Bertz CT molecular complexity index is 765. The third-order valence-corrected chi connectivity index (χ3v) is 6.85. The molecule has 1 amide bonds. The second kappa shape index (κ2) is 7.53. The largest absolute Gasteiger partial charge is 0.462 e. The van der Waals surface area contributed by atoms with Crippen molar-refractivity contribution in [3.63, 3.8) is 0 Å². The van der Waals surface area contributed by atoms with Gasteiger partial charge in [0.25, 0.3) is 0 Å². The van der Waals surface area contributed by atoms with E-state index in [1.807, 2.05) is 13.8 Å². The second-order valence-corrected chi connectivity index (χ2v) is 9.52. The van der Waals surface area contributed by atoms with Gasteiger partial charge in [-0.05, 0) is 55.6 Å². The van der Waals surface area contributed by atoms with E-state index in [0.29, 0.717) is 17.2 Å². The van der Waals surface area contributed by atoms with Crippen LogP contribution in [0.15, 0.2) is 10.6 Å². The van der Waals surface area contributed by atoms with Gasteiger partial charge < -0.3 is 10.1 Å². The summed E-state index contributed by atoms with van der Waals surface area (Å²) < 4.78 is 5.42. The first-order valence-electron chi connectivity index (χ1n) is 8.92. The van der Waals surface area contributed by atoms with Gasteiger partial charge in [-0.3, -0.25) is 4.79 Å². The van der Waals surface area contributed by atoms with E-state index in [9.17, 15) is 9.59 Å². The molecule has 2 aliphatic rings. The van der Waals surface area contributed by atoms with Gasteiger partial charge in [-0.2, -0.15) is 0 Å². The van der Waals surface area contributed by atoms with Crippen LogP contribution < -0.4 is 5.32 Å². The van der Waals surface area contributed by atoms with Crippen LogP contribution in [0.2, 0.25) is 0 Å². The summed E-state index contributed by atoms with van der Waals surface area (Å²) in [4.78, 5) is 26.5. The van der Waals surface area contributed by atoms with E-state index >= 15 is 0 Å². The molecule has 0 bridgehead atoms. The molecule has 3 rings (SSSR count). The Morgan fingerprint density at radius 2 is 2.00 bits per heavy atom. The number of nitrogens with one attached hydrogen (secondary N) is 1. The van der Waals surface area contributed by atoms with Gasteiger partial charge in [0, 0.05) is 4.88 Å². The molecule has 0 unspecified atom stereocenters. The van der Waals surface area contributed by atoms with Gasteiger partial charge in [-0.15, -0.1) is 11.3 Å². The number of rotatable bonds is 5. The van der Waals surface area contributed by atoms with Crippen LogP contribution in [0.25, 0.3) is 0 Å². The lowest BCUT2D eigenvalue weighted by molar-refractivity contribution is -0.118. The fourth-order valence-electron chi connectivity index (χ4n) is 3.89. The van der Waals surface area contributed by atoms with Crippen molar-refractivity contribution >= 4 is 51.4 Å². The second-order valence-electron chi connectivity index (χ2n) is 7.41. The lowest BCUT2D eigenvalue weighted by Gasteiger charge is -2.12. The van der Waals surface area contributed by atoms with Crippen molar-refractivity contribution in [3.8, 4) is 0 Å². The Labute approximate surface area is 167 Å². The molecular weight excluding hydrogens is 393 g/mol. The summed E-state index contributed by atoms with van der Waals surface area (Å²) in [5, 5.41) is 3.60. The standard InChI is InChI=1S/C19H23Cl2NO3S/c1-4-25-18(24)14-10-7-5-6-8-12(10)26-17(14)22-16(23)15-11(9-13(20)21)19(15,2)3/h9,11,15H,4-8H2,1-3H3,(H,22,23)/t11-,15+/m1/s1. The maximum atomic E-state index is 12.9. The summed E-state index contributed by atoms with van der Waals surface area (Å²) in [7, 11) is 0. The summed E-state index contributed by atoms with van der Waals surface area (Å²) in [6.45, 7) is 6.13. The van der Waals surface area contributed by atoms with Gasteiger partial charge in [0.05, 0.1) is 18.1 Å². The lowest BCUT2D eigenvalue weighted by atomic mass is 9.95. The van der Waals surface area contributed by atoms with Crippen molar-refractivity contribution in [2.75, 3.05) is 11.9 Å². The molecule has 0 spiro atoms. The average molecular weight is 416 g/mol. The van der Waals surface area contributed by atoms with E-state index in [2.05, 4.69) is 5.32 Å². The minimum Gasteiger partial charge on any atom is -0.462 e. The topological polar surface area (TPSA) is 55.4 Å². The summed E-state index contributed by atoms with van der Waals surface area (Å²) in [5.41, 5.74) is 1.38. The van der Waals surface area contributed by atoms with Crippen LogP contribution in [0.3, 0.4) is 0 Å². The molecule has 0 radical (unpaired) electrons. The molecule has 1 N–H and O–H groups in total. The minimum atomic E-state index is -0.350. The first-order chi connectivity index (χ1) is 12.3. The molecule has 1 aromatic heterocycles. The highest BCUT2D eigenvalue weighted by Gasteiger charge is 2.60. The number of ether oxygens (including phenoxy) is 1. The molecule has 1 heterocycles. The predicted octanol–water partition coefficient (Wildman–Crippen LogP) is 5.33. The number of thiophene rings is 1. The van der Waals surface area contributed by atoms with Gasteiger partial charge >= 0.3 is 5.97 Å². The Morgan fingerprint density at radius 3 is 2.65 bits per heavy atom. The summed E-state index contributed by atoms with van der Waals surface area (Å²) >= 11 is 13.1. The van der Waals surface area contributed by atoms with E-state index in [1.165, 1.54) is 16.2 Å². The maximum absolute atomic E-state index is 12.9. The molecule has 1 aromatic rings. The Balaban J connectivity index is 1.86. The van der Waals surface area contributed by atoms with E-state index in [4.69, 9.17) is 27.9 Å². The third-order valence-electron chi connectivity index (χ3n) is 5.39. The summed E-state index contributed by atoms with van der Waals surface area (Å²) in [5.74, 6) is -0.676. The monoisotopic (exact) mass is 415 g/mol. The van der Waals surface area contributed by atoms with Crippen LogP contribution in [-0.4, -0.2) is 18.5 Å². The highest BCUT2D eigenvalue weighted by molar-refractivity contribution is 7.17. The Kier molecular flexibility index (Phi) is 5.71. The zero-order valence-corrected chi connectivity index (χ0v) is 17.5. The number of esters is 1. The number of carbonyl (C=O) groups excluding carboxylic acids is 2. The number of hydrogen-bond acceptors (Lipinski definition) is 4. The van der Waals surface area contributed by atoms with Gasteiger partial charge in [-0.1, -0.05) is 37.0 Å². The highest BCUT2D eigenvalue weighted by atomic mass is 35.5. The van der Waals surface area contributed by atoms with E-state index < -0.39 is 0 Å². The summed E-state index contributed by atoms with van der Waals surface area (Å²) in [6, 6.07) is 0. The Morgan fingerprint density at radius 1 is 1.31 bits per heavy atom. The maximum Gasteiger partial charge on any atom is 0.341 e. The Hall–Kier alpha value is -1.04. The first-order valence-corrected chi connectivity index (χ1v) is 10.5. The number of aryl methyl sites for hydroxylation is 1. The van der Waals surface area contributed by atoms with E-state index in [-0.39, 0.29) is 33.6 Å². The molecule has 0 aliphatic heterocycles. The summed E-state index contributed by atoms with van der Waals surface area (Å²) in [6.07, 6.45) is 5.70. The molecular formula is C19H23Cl2NO3S. The normalized spacial score (nSPS) is 23.0. The molecule has 2 atom stereocenters. The van der Waals surface area contributed by atoms with E-state index in [1.54, 1.807) is 13.0 Å². The third kappa shape index (κ3) is 3.67. The molecule has 4 nitrogen and oxygen atoms in total. The number of amides is 1. The molecule has 1 saturated carbocycles. The minimum absolute atomic E-state index is 0.00636. The van der Waals surface area contributed by atoms with Crippen LogP contribution in [-0.2, 0) is 22.4 Å². The van der Waals surface area contributed by atoms with Crippen molar-refractivity contribution in [1.82, 2.24) is 0 Å². The number of fused-ring (bicyclic) bond motifs is 1. The van der Waals surface area contributed by atoms with Gasteiger partial charge in [0.2, 0.25) is 5.91 Å². The quantitative estimate of drug-likeness (QED) is 0.660. The fourth-order valence-corrected chi connectivity index (χ4v) is 5.44. The van der Waals surface area contributed by atoms with Gasteiger partial charge in [-0.25, -0.2) is 4.79 Å². The smallest absolute Gasteiger partial charge is 0.341 e. The molecule has 26 heavy (non-hydrogen) atoms. The van der Waals surface area contributed by atoms with Crippen LogP contribution in [0.1, 0.15) is 54.4 Å². The fraction of sp³-hybridized carbons (Fsp3) is 0.579.